The Morgan fingerprint density at radius 2 is 2.31 bits per heavy atom. The summed E-state index contributed by atoms with van der Waals surface area (Å²) >= 11 is 6.04. The van der Waals surface area contributed by atoms with E-state index in [2.05, 4.69) is 15.9 Å². The second-order valence-electron chi connectivity index (χ2n) is 2.93. The lowest BCUT2D eigenvalue weighted by atomic mass is 10.3. The molecule has 3 nitrogen and oxygen atoms in total. The average Bonchev–Trinajstić information content (AvgIpc) is 2.80. The van der Waals surface area contributed by atoms with Gasteiger partial charge in [0.2, 0.25) is 0 Å². The predicted octanol–water partition coefficient (Wildman–Crippen LogP) is 3.71. The van der Waals surface area contributed by atoms with Gasteiger partial charge in [0.25, 0.3) is 0 Å². The van der Waals surface area contributed by atoms with Crippen LogP contribution in [0.3, 0.4) is 0 Å². The topological polar surface area (TPSA) is 43.4 Å². The molecule has 0 saturated heterocycles. The van der Waals surface area contributed by atoms with Crippen LogP contribution >= 0.6 is 38.6 Å². The molecule has 0 aromatic carbocycles. The third-order valence-electron chi connectivity index (χ3n) is 1.95. The number of aldehydes is 1. The zero-order valence-corrected chi connectivity index (χ0v) is 11.5. The summed E-state index contributed by atoms with van der Waals surface area (Å²) in [6, 6.07) is 1.76. The van der Waals surface area contributed by atoms with Crippen molar-refractivity contribution < 1.29 is 14.3 Å². The standard InChI is InChI=1S/C10H7BrO3S2/c1-2-14-10(13)6-3-5-8(15-6)7(4-12)16-9(5)11/h3-4H,2H2,1H3. The van der Waals surface area contributed by atoms with Crippen LogP contribution in [0.2, 0.25) is 0 Å². The fourth-order valence-corrected chi connectivity index (χ4v) is 4.25. The Hall–Kier alpha value is -0.720. The van der Waals surface area contributed by atoms with Crippen LogP contribution in [0.4, 0.5) is 0 Å². The predicted molar refractivity (Wildman–Crippen MR) is 68.7 cm³/mol. The highest BCUT2D eigenvalue weighted by molar-refractivity contribution is 9.11. The van der Waals surface area contributed by atoms with E-state index in [4.69, 9.17) is 4.74 Å². The van der Waals surface area contributed by atoms with E-state index in [1.54, 1.807) is 13.0 Å². The van der Waals surface area contributed by atoms with Gasteiger partial charge in [-0.25, -0.2) is 4.79 Å². The molecule has 2 heterocycles. The molecule has 2 aromatic heterocycles. The van der Waals surface area contributed by atoms with Crippen molar-refractivity contribution in [2.45, 2.75) is 6.92 Å². The van der Waals surface area contributed by atoms with E-state index >= 15 is 0 Å². The molecule has 84 valence electrons. The van der Waals surface area contributed by atoms with Gasteiger partial charge in [-0.2, -0.15) is 0 Å². The van der Waals surface area contributed by atoms with Gasteiger partial charge in [0.05, 0.1) is 20.0 Å². The van der Waals surface area contributed by atoms with Crippen molar-refractivity contribution in [1.29, 1.82) is 0 Å². The summed E-state index contributed by atoms with van der Waals surface area (Å²) in [5.74, 6) is -0.336. The smallest absolute Gasteiger partial charge is 0.348 e. The van der Waals surface area contributed by atoms with E-state index in [1.807, 2.05) is 0 Å². The van der Waals surface area contributed by atoms with E-state index in [0.29, 0.717) is 16.4 Å². The first-order valence-electron chi connectivity index (χ1n) is 4.51. The van der Waals surface area contributed by atoms with Crippen LogP contribution in [-0.4, -0.2) is 18.9 Å². The van der Waals surface area contributed by atoms with Crippen LogP contribution in [0.25, 0.3) is 10.1 Å². The van der Waals surface area contributed by atoms with E-state index in [9.17, 15) is 9.59 Å². The second kappa shape index (κ2) is 4.65. The third kappa shape index (κ3) is 1.92. The molecule has 16 heavy (non-hydrogen) atoms. The molecule has 0 amide bonds. The lowest BCUT2D eigenvalue weighted by Crippen LogP contribution is -2.01. The normalized spacial score (nSPS) is 10.6. The molecule has 2 aromatic rings. The first-order chi connectivity index (χ1) is 7.67. The van der Waals surface area contributed by atoms with Crippen molar-refractivity contribution in [1.82, 2.24) is 0 Å². The highest BCUT2D eigenvalue weighted by Gasteiger charge is 2.17. The molecule has 0 aliphatic rings. The summed E-state index contributed by atoms with van der Waals surface area (Å²) in [6.45, 7) is 2.12. The molecular formula is C10H7BrO3S2. The van der Waals surface area contributed by atoms with Gasteiger partial charge in [0, 0.05) is 5.39 Å². The molecule has 0 radical (unpaired) electrons. The molecule has 0 aliphatic heterocycles. The number of carbonyl (C=O) groups excluding carboxylic acids is 2. The van der Waals surface area contributed by atoms with E-state index in [0.717, 1.165) is 20.2 Å². The summed E-state index contributed by atoms with van der Waals surface area (Å²) in [7, 11) is 0. The zero-order chi connectivity index (χ0) is 11.7. The quantitative estimate of drug-likeness (QED) is 0.640. The van der Waals surface area contributed by atoms with Crippen molar-refractivity contribution >= 4 is 60.9 Å². The number of esters is 1. The minimum atomic E-state index is -0.336. The molecule has 0 spiro atoms. The van der Waals surface area contributed by atoms with Gasteiger partial charge in [-0.05, 0) is 28.9 Å². The minimum Gasteiger partial charge on any atom is -0.462 e. The Kier molecular flexibility index (Phi) is 3.41. The highest BCUT2D eigenvalue weighted by atomic mass is 79.9. The molecule has 0 saturated carbocycles. The molecule has 0 bridgehead atoms. The number of hydrogen-bond acceptors (Lipinski definition) is 5. The van der Waals surface area contributed by atoms with E-state index in [-0.39, 0.29) is 5.97 Å². The number of hydrogen-bond donors (Lipinski definition) is 0. The molecular weight excluding hydrogens is 312 g/mol. The van der Waals surface area contributed by atoms with Gasteiger partial charge >= 0.3 is 5.97 Å². The van der Waals surface area contributed by atoms with Crippen LogP contribution in [0.15, 0.2) is 9.85 Å². The van der Waals surface area contributed by atoms with E-state index in [1.165, 1.54) is 22.7 Å². The molecule has 6 heteroatoms. The summed E-state index contributed by atoms with van der Waals surface area (Å²) < 4.78 is 6.63. The first-order valence-corrected chi connectivity index (χ1v) is 6.94. The summed E-state index contributed by atoms with van der Waals surface area (Å²) in [5, 5.41) is 0.903. The van der Waals surface area contributed by atoms with Gasteiger partial charge in [-0.15, -0.1) is 22.7 Å². The van der Waals surface area contributed by atoms with Crippen molar-refractivity contribution in [3.05, 3.63) is 19.6 Å². The monoisotopic (exact) mass is 318 g/mol. The van der Waals surface area contributed by atoms with E-state index < -0.39 is 0 Å². The van der Waals surface area contributed by atoms with Crippen molar-refractivity contribution in [3.8, 4) is 0 Å². The zero-order valence-electron chi connectivity index (χ0n) is 8.28. The lowest BCUT2D eigenvalue weighted by Gasteiger charge is -1.96. The van der Waals surface area contributed by atoms with Crippen LogP contribution < -0.4 is 0 Å². The van der Waals surface area contributed by atoms with Crippen LogP contribution in [0.5, 0.6) is 0 Å². The number of ether oxygens (including phenoxy) is 1. The second-order valence-corrected chi connectivity index (χ2v) is 6.35. The number of thiophene rings is 2. The molecule has 0 unspecified atom stereocenters. The number of carbonyl (C=O) groups is 2. The number of fused-ring (bicyclic) bond motifs is 1. The number of halogens is 1. The van der Waals surface area contributed by atoms with Crippen LogP contribution in [0, 0.1) is 0 Å². The number of rotatable bonds is 3. The van der Waals surface area contributed by atoms with Crippen molar-refractivity contribution in [2.24, 2.45) is 0 Å². The maximum Gasteiger partial charge on any atom is 0.348 e. The van der Waals surface area contributed by atoms with Crippen molar-refractivity contribution in [3.63, 3.8) is 0 Å². The van der Waals surface area contributed by atoms with Gasteiger partial charge in [0.1, 0.15) is 4.88 Å². The molecule has 2 rings (SSSR count). The maximum absolute atomic E-state index is 11.5. The Morgan fingerprint density at radius 3 is 2.94 bits per heavy atom. The fourth-order valence-electron chi connectivity index (χ4n) is 1.30. The van der Waals surface area contributed by atoms with Gasteiger partial charge < -0.3 is 4.74 Å². The third-order valence-corrected chi connectivity index (χ3v) is 5.06. The van der Waals surface area contributed by atoms with Crippen LogP contribution in [-0.2, 0) is 4.74 Å². The van der Waals surface area contributed by atoms with Gasteiger partial charge in [-0.3, -0.25) is 4.79 Å². The van der Waals surface area contributed by atoms with Gasteiger partial charge in [0.15, 0.2) is 6.29 Å². The van der Waals surface area contributed by atoms with Gasteiger partial charge in [-0.1, -0.05) is 0 Å². The Morgan fingerprint density at radius 1 is 1.56 bits per heavy atom. The summed E-state index contributed by atoms with van der Waals surface area (Å²) in [5.41, 5.74) is 0. The largest absolute Gasteiger partial charge is 0.462 e. The Bertz CT molecular complexity index is 556. The maximum atomic E-state index is 11.5. The summed E-state index contributed by atoms with van der Waals surface area (Å²) in [6.07, 6.45) is 0.809. The molecule has 0 aliphatic carbocycles. The Balaban J connectivity index is 2.51. The highest BCUT2D eigenvalue weighted by Crippen LogP contribution is 2.40. The fraction of sp³-hybridized carbons (Fsp3) is 0.200. The average molecular weight is 319 g/mol. The summed E-state index contributed by atoms with van der Waals surface area (Å²) in [4.78, 5) is 23.5. The van der Waals surface area contributed by atoms with Crippen LogP contribution in [0.1, 0.15) is 26.3 Å². The lowest BCUT2D eigenvalue weighted by molar-refractivity contribution is 0.0532. The molecule has 0 fully saturated rings. The Labute approximate surface area is 108 Å². The molecule has 0 atom stereocenters. The van der Waals surface area contributed by atoms with Crippen molar-refractivity contribution in [2.75, 3.05) is 6.61 Å². The molecule has 0 N–H and O–H groups in total. The first kappa shape index (κ1) is 11.8. The SMILES string of the molecule is CCOC(=O)c1cc2c(Br)sc(C=O)c2s1. The minimum absolute atomic E-state index is 0.336.